The smallest absolute Gasteiger partial charge is 0.270 e. The molecule has 104 valence electrons. The number of hydrogen-bond acceptors (Lipinski definition) is 4. The Bertz CT molecular complexity index is 481. The van der Waals surface area contributed by atoms with Gasteiger partial charge in [-0.1, -0.05) is 15.9 Å². The average Bonchev–Trinajstić information content (AvgIpc) is 2.32. The molecule has 2 N–H and O–H groups in total. The van der Waals surface area contributed by atoms with E-state index in [0.717, 1.165) is 36.0 Å². The maximum Gasteiger partial charge on any atom is 0.270 e. The molecule has 0 bridgehead atoms. The number of nitrogens with zero attached hydrogens (tertiary/aromatic N) is 2. The zero-order chi connectivity index (χ0) is 14.0. The second kappa shape index (κ2) is 5.98. The number of rotatable bonds is 3. The third-order valence-electron chi connectivity index (χ3n) is 3.59. The lowest BCUT2D eigenvalue weighted by Crippen LogP contribution is -2.44. The standard InChI is InChI=1S/C13H18BrN3O2/c1-9-4-12(15)2-3-16(9)8-10-5-11(14)7-13(6-10)17(18)19/h5-7,9,12H,2-4,8,15H2,1H3. The molecule has 6 heteroatoms. The van der Waals surface area contributed by atoms with Crippen molar-refractivity contribution in [1.29, 1.82) is 0 Å². The summed E-state index contributed by atoms with van der Waals surface area (Å²) in [5.41, 5.74) is 7.04. The Labute approximate surface area is 121 Å². The molecule has 1 aromatic carbocycles. The fourth-order valence-corrected chi connectivity index (χ4v) is 3.09. The van der Waals surface area contributed by atoms with Crippen LogP contribution in [0, 0.1) is 10.1 Å². The summed E-state index contributed by atoms with van der Waals surface area (Å²) in [5, 5.41) is 10.9. The first-order chi connectivity index (χ1) is 8.95. The number of nitrogens with two attached hydrogens (primary N) is 1. The van der Waals surface area contributed by atoms with Crippen LogP contribution in [0.5, 0.6) is 0 Å². The molecule has 2 atom stereocenters. The van der Waals surface area contributed by atoms with Crippen LogP contribution in [0.25, 0.3) is 0 Å². The van der Waals surface area contributed by atoms with Gasteiger partial charge in [0.15, 0.2) is 0 Å². The zero-order valence-electron chi connectivity index (χ0n) is 10.9. The molecule has 0 aromatic heterocycles. The van der Waals surface area contributed by atoms with Crippen molar-refractivity contribution in [2.45, 2.75) is 38.4 Å². The first-order valence-electron chi connectivity index (χ1n) is 6.39. The predicted octanol–water partition coefficient (Wildman–Crippen LogP) is 2.67. The van der Waals surface area contributed by atoms with Gasteiger partial charge in [0.05, 0.1) is 4.92 Å². The summed E-state index contributed by atoms with van der Waals surface area (Å²) in [4.78, 5) is 12.8. The van der Waals surface area contributed by atoms with Gasteiger partial charge in [0.2, 0.25) is 0 Å². The average molecular weight is 328 g/mol. The van der Waals surface area contributed by atoms with Crippen LogP contribution in [0.1, 0.15) is 25.3 Å². The third-order valence-corrected chi connectivity index (χ3v) is 4.05. The first-order valence-corrected chi connectivity index (χ1v) is 7.18. The Morgan fingerprint density at radius 2 is 2.26 bits per heavy atom. The molecule has 1 aliphatic heterocycles. The van der Waals surface area contributed by atoms with E-state index in [-0.39, 0.29) is 16.7 Å². The van der Waals surface area contributed by atoms with Gasteiger partial charge in [-0.15, -0.1) is 0 Å². The monoisotopic (exact) mass is 327 g/mol. The molecule has 1 aromatic rings. The molecule has 1 fully saturated rings. The van der Waals surface area contributed by atoms with E-state index in [2.05, 4.69) is 27.8 Å². The Hall–Kier alpha value is -0.980. The van der Waals surface area contributed by atoms with Gasteiger partial charge < -0.3 is 5.73 Å². The van der Waals surface area contributed by atoms with Crippen LogP contribution in [0.4, 0.5) is 5.69 Å². The van der Waals surface area contributed by atoms with Crippen LogP contribution in [0.15, 0.2) is 22.7 Å². The van der Waals surface area contributed by atoms with Crippen LogP contribution in [0.3, 0.4) is 0 Å². The predicted molar refractivity (Wildman–Crippen MR) is 77.9 cm³/mol. The number of benzene rings is 1. The van der Waals surface area contributed by atoms with Gasteiger partial charge in [-0.3, -0.25) is 15.0 Å². The van der Waals surface area contributed by atoms with Gasteiger partial charge in [0, 0.05) is 41.8 Å². The number of non-ortho nitro benzene ring substituents is 1. The van der Waals surface area contributed by atoms with Crippen LogP contribution in [0.2, 0.25) is 0 Å². The number of nitro benzene ring substituents is 1. The van der Waals surface area contributed by atoms with E-state index in [1.54, 1.807) is 6.07 Å². The lowest BCUT2D eigenvalue weighted by atomic mass is 9.98. The summed E-state index contributed by atoms with van der Waals surface area (Å²) in [6, 6.07) is 5.81. The lowest BCUT2D eigenvalue weighted by Gasteiger charge is -2.36. The second-order valence-electron chi connectivity index (χ2n) is 5.18. The van der Waals surface area contributed by atoms with Gasteiger partial charge in [-0.2, -0.15) is 0 Å². The van der Waals surface area contributed by atoms with Crippen molar-refractivity contribution in [2.24, 2.45) is 5.73 Å². The van der Waals surface area contributed by atoms with E-state index < -0.39 is 0 Å². The summed E-state index contributed by atoms with van der Waals surface area (Å²) < 4.78 is 0.748. The molecular weight excluding hydrogens is 310 g/mol. The second-order valence-corrected chi connectivity index (χ2v) is 6.09. The fourth-order valence-electron chi connectivity index (χ4n) is 2.56. The largest absolute Gasteiger partial charge is 0.328 e. The highest BCUT2D eigenvalue weighted by atomic mass is 79.9. The van der Waals surface area contributed by atoms with Gasteiger partial charge in [-0.05, 0) is 31.4 Å². The molecule has 1 heterocycles. The molecule has 2 rings (SSSR count). The summed E-state index contributed by atoms with van der Waals surface area (Å²) in [6.45, 7) is 3.84. The fraction of sp³-hybridized carbons (Fsp3) is 0.538. The Kier molecular flexibility index (Phi) is 4.54. The van der Waals surface area contributed by atoms with Gasteiger partial charge in [0.1, 0.15) is 0 Å². The molecule has 1 aliphatic rings. The van der Waals surface area contributed by atoms with Crippen molar-refractivity contribution in [1.82, 2.24) is 4.90 Å². The highest BCUT2D eigenvalue weighted by molar-refractivity contribution is 9.10. The maximum atomic E-state index is 10.9. The van der Waals surface area contributed by atoms with E-state index in [0.29, 0.717) is 6.04 Å². The van der Waals surface area contributed by atoms with Crippen molar-refractivity contribution < 1.29 is 4.92 Å². The molecule has 0 saturated carbocycles. The van der Waals surface area contributed by atoms with Crippen molar-refractivity contribution in [3.05, 3.63) is 38.3 Å². The van der Waals surface area contributed by atoms with E-state index >= 15 is 0 Å². The van der Waals surface area contributed by atoms with E-state index in [1.165, 1.54) is 6.07 Å². The molecule has 2 unspecified atom stereocenters. The molecule has 5 nitrogen and oxygen atoms in total. The summed E-state index contributed by atoms with van der Waals surface area (Å²) >= 11 is 3.33. The Morgan fingerprint density at radius 3 is 2.89 bits per heavy atom. The minimum Gasteiger partial charge on any atom is -0.328 e. The SMILES string of the molecule is CC1CC(N)CCN1Cc1cc(Br)cc([N+](=O)[O-])c1. The summed E-state index contributed by atoms with van der Waals surface area (Å²) in [7, 11) is 0. The number of nitro groups is 1. The van der Waals surface area contributed by atoms with Crippen molar-refractivity contribution in [3.8, 4) is 0 Å². The highest BCUT2D eigenvalue weighted by Gasteiger charge is 2.23. The van der Waals surface area contributed by atoms with E-state index in [4.69, 9.17) is 5.73 Å². The minimum absolute atomic E-state index is 0.130. The topological polar surface area (TPSA) is 72.4 Å². The Balaban J connectivity index is 2.12. The van der Waals surface area contributed by atoms with Crippen LogP contribution in [-0.2, 0) is 6.54 Å². The van der Waals surface area contributed by atoms with Crippen molar-refractivity contribution in [3.63, 3.8) is 0 Å². The number of likely N-dealkylation sites (tertiary alicyclic amines) is 1. The number of halogens is 1. The number of hydrogen-bond donors (Lipinski definition) is 1. The summed E-state index contributed by atoms with van der Waals surface area (Å²) in [6.07, 6.45) is 1.97. The lowest BCUT2D eigenvalue weighted by molar-refractivity contribution is -0.385. The van der Waals surface area contributed by atoms with Crippen LogP contribution in [-0.4, -0.2) is 28.5 Å². The minimum atomic E-state index is -0.357. The van der Waals surface area contributed by atoms with E-state index in [9.17, 15) is 10.1 Å². The normalized spacial score (nSPS) is 24.4. The van der Waals surface area contributed by atoms with Gasteiger partial charge in [-0.25, -0.2) is 0 Å². The Morgan fingerprint density at radius 1 is 1.53 bits per heavy atom. The van der Waals surface area contributed by atoms with Crippen LogP contribution >= 0.6 is 15.9 Å². The molecule has 0 amide bonds. The maximum absolute atomic E-state index is 10.9. The number of piperidine rings is 1. The van der Waals surface area contributed by atoms with Crippen molar-refractivity contribution in [2.75, 3.05) is 6.54 Å². The van der Waals surface area contributed by atoms with E-state index in [1.807, 2.05) is 6.07 Å². The molecule has 0 spiro atoms. The third kappa shape index (κ3) is 3.75. The van der Waals surface area contributed by atoms with Crippen LogP contribution < -0.4 is 5.73 Å². The van der Waals surface area contributed by atoms with Crippen molar-refractivity contribution >= 4 is 21.6 Å². The molecule has 0 radical (unpaired) electrons. The quantitative estimate of drug-likeness (QED) is 0.684. The molecule has 0 aliphatic carbocycles. The zero-order valence-corrected chi connectivity index (χ0v) is 12.5. The van der Waals surface area contributed by atoms with Gasteiger partial charge >= 0.3 is 0 Å². The molecule has 1 saturated heterocycles. The molecule has 19 heavy (non-hydrogen) atoms. The van der Waals surface area contributed by atoms with Gasteiger partial charge in [0.25, 0.3) is 5.69 Å². The first kappa shape index (κ1) is 14.4. The molecular formula is C13H18BrN3O2. The highest BCUT2D eigenvalue weighted by Crippen LogP contribution is 2.24. The summed E-state index contributed by atoms with van der Waals surface area (Å²) in [5.74, 6) is 0.